The second-order valence-corrected chi connectivity index (χ2v) is 6.47. The van der Waals surface area contributed by atoms with Gasteiger partial charge in [0.15, 0.2) is 0 Å². The Morgan fingerprint density at radius 1 is 1.00 bits per heavy atom. The number of nitrogens with one attached hydrogen (secondary N) is 2. The maximum Gasteiger partial charge on any atom is 0.254 e. The summed E-state index contributed by atoms with van der Waals surface area (Å²) < 4.78 is 5.77. The molecule has 1 saturated carbocycles. The molecule has 0 unspecified atom stereocenters. The van der Waals surface area contributed by atoms with Gasteiger partial charge >= 0.3 is 0 Å². The molecule has 0 radical (unpaired) electrons. The predicted molar refractivity (Wildman–Crippen MR) is 103 cm³/mol. The first kappa shape index (κ1) is 17.0. The molecule has 6 nitrogen and oxygen atoms in total. The third kappa shape index (κ3) is 4.82. The molecule has 4 rings (SSSR count). The molecule has 6 heteroatoms. The monoisotopic (exact) mass is 360 g/mol. The SMILES string of the molecule is O=C(NC1CC1)c1cnc(Nc2ccc(OCc3ccccc3)cc2)nc1. The highest BCUT2D eigenvalue weighted by Gasteiger charge is 2.23. The topological polar surface area (TPSA) is 76.1 Å². The predicted octanol–water partition coefficient (Wildman–Crippen LogP) is 3.69. The van der Waals surface area contributed by atoms with Gasteiger partial charge in [0.1, 0.15) is 12.4 Å². The summed E-state index contributed by atoms with van der Waals surface area (Å²) in [5, 5.41) is 6.03. The fraction of sp³-hybridized carbons (Fsp3) is 0.190. The lowest BCUT2D eigenvalue weighted by atomic mass is 10.2. The van der Waals surface area contributed by atoms with Gasteiger partial charge in [0.2, 0.25) is 5.95 Å². The molecule has 27 heavy (non-hydrogen) atoms. The molecule has 0 atom stereocenters. The van der Waals surface area contributed by atoms with Gasteiger partial charge in [-0.25, -0.2) is 9.97 Å². The van der Waals surface area contributed by atoms with Crippen molar-refractivity contribution in [1.29, 1.82) is 0 Å². The number of anilines is 2. The lowest BCUT2D eigenvalue weighted by Gasteiger charge is -2.09. The molecular weight excluding hydrogens is 340 g/mol. The van der Waals surface area contributed by atoms with Crippen molar-refractivity contribution in [1.82, 2.24) is 15.3 Å². The van der Waals surface area contributed by atoms with E-state index in [1.807, 2.05) is 54.6 Å². The molecule has 2 N–H and O–H groups in total. The van der Waals surface area contributed by atoms with Gasteiger partial charge in [0.25, 0.3) is 5.91 Å². The number of carbonyl (C=O) groups is 1. The van der Waals surface area contributed by atoms with E-state index < -0.39 is 0 Å². The number of amides is 1. The van der Waals surface area contributed by atoms with Crippen LogP contribution in [-0.4, -0.2) is 21.9 Å². The Hall–Kier alpha value is -3.41. The van der Waals surface area contributed by atoms with Gasteiger partial charge in [0, 0.05) is 24.1 Å². The van der Waals surface area contributed by atoms with E-state index in [1.54, 1.807) is 0 Å². The normalized spacial score (nSPS) is 13.0. The zero-order valence-electron chi connectivity index (χ0n) is 14.8. The minimum atomic E-state index is -0.121. The van der Waals surface area contributed by atoms with Crippen LogP contribution in [-0.2, 0) is 6.61 Å². The number of rotatable bonds is 7. The van der Waals surface area contributed by atoms with Gasteiger partial charge < -0.3 is 15.4 Å². The summed E-state index contributed by atoms with van der Waals surface area (Å²) in [6.07, 6.45) is 5.17. The van der Waals surface area contributed by atoms with Crippen LogP contribution in [0.1, 0.15) is 28.8 Å². The fourth-order valence-corrected chi connectivity index (χ4v) is 2.51. The fourth-order valence-electron chi connectivity index (χ4n) is 2.51. The van der Waals surface area contributed by atoms with Crippen molar-refractivity contribution in [3.63, 3.8) is 0 Å². The average molecular weight is 360 g/mol. The van der Waals surface area contributed by atoms with Gasteiger partial charge in [-0.15, -0.1) is 0 Å². The number of hydrogen-bond donors (Lipinski definition) is 2. The van der Waals surface area contributed by atoms with Gasteiger partial charge in [-0.3, -0.25) is 4.79 Å². The van der Waals surface area contributed by atoms with Crippen LogP contribution in [0.5, 0.6) is 5.75 Å². The van der Waals surface area contributed by atoms with E-state index in [1.165, 1.54) is 12.4 Å². The zero-order chi connectivity index (χ0) is 18.5. The molecule has 1 aliphatic rings. The third-order valence-corrected chi connectivity index (χ3v) is 4.19. The molecular formula is C21H20N4O2. The molecule has 3 aromatic rings. The molecule has 1 amide bonds. The quantitative estimate of drug-likeness (QED) is 0.672. The summed E-state index contributed by atoms with van der Waals surface area (Å²) in [7, 11) is 0. The lowest BCUT2D eigenvalue weighted by molar-refractivity contribution is 0.0950. The third-order valence-electron chi connectivity index (χ3n) is 4.19. The van der Waals surface area contributed by atoms with Gasteiger partial charge in [-0.1, -0.05) is 30.3 Å². The first-order valence-corrected chi connectivity index (χ1v) is 8.93. The Bertz CT molecular complexity index is 892. The number of aromatic nitrogens is 2. The Morgan fingerprint density at radius 2 is 1.70 bits per heavy atom. The van der Waals surface area contributed by atoms with Crippen LogP contribution in [0.25, 0.3) is 0 Å². The molecule has 2 aromatic carbocycles. The van der Waals surface area contributed by atoms with Crippen LogP contribution in [0, 0.1) is 0 Å². The number of benzene rings is 2. The number of hydrogen-bond acceptors (Lipinski definition) is 5. The second-order valence-electron chi connectivity index (χ2n) is 6.47. The summed E-state index contributed by atoms with van der Waals surface area (Å²) in [6, 6.07) is 17.9. The van der Waals surface area contributed by atoms with Crippen LogP contribution >= 0.6 is 0 Å². The summed E-state index contributed by atoms with van der Waals surface area (Å²) in [6.45, 7) is 0.529. The maximum absolute atomic E-state index is 11.9. The van der Waals surface area contributed by atoms with Crippen molar-refractivity contribution < 1.29 is 9.53 Å². The smallest absolute Gasteiger partial charge is 0.254 e. The zero-order valence-corrected chi connectivity index (χ0v) is 14.8. The Labute approximate surface area is 157 Å². The molecule has 136 valence electrons. The second kappa shape index (κ2) is 7.86. The summed E-state index contributed by atoms with van der Waals surface area (Å²) in [5.41, 5.74) is 2.44. The van der Waals surface area contributed by atoms with E-state index in [-0.39, 0.29) is 5.91 Å². The highest BCUT2D eigenvalue weighted by Crippen LogP contribution is 2.20. The molecule has 0 spiro atoms. The highest BCUT2D eigenvalue weighted by molar-refractivity contribution is 5.94. The first-order valence-electron chi connectivity index (χ1n) is 8.93. The van der Waals surface area contributed by atoms with Crippen molar-refractivity contribution in [2.75, 3.05) is 5.32 Å². The van der Waals surface area contributed by atoms with Crippen molar-refractivity contribution in [3.8, 4) is 5.75 Å². The molecule has 1 fully saturated rings. The highest BCUT2D eigenvalue weighted by atomic mass is 16.5. The van der Waals surface area contributed by atoms with Crippen molar-refractivity contribution in [2.24, 2.45) is 0 Å². The minimum Gasteiger partial charge on any atom is -0.489 e. The van der Waals surface area contributed by atoms with E-state index >= 15 is 0 Å². The van der Waals surface area contributed by atoms with Gasteiger partial charge in [-0.05, 0) is 42.7 Å². The van der Waals surface area contributed by atoms with Crippen molar-refractivity contribution >= 4 is 17.5 Å². The van der Waals surface area contributed by atoms with Crippen LogP contribution < -0.4 is 15.4 Å². The Balaban J connectivity index is 1.31. The van der Waals surface area contributed by atoms with Crippen molar-refractivity contribution in [3.05, 3.63) is 78.1 Å². The molecule has 0 aliphatic heterocycles. The molecule has 0 bridgehead atoms. The maximum atomic E-state index is 11.9. The number of ether oxygens (including phenoxy) is 1. The largest absolute Gasteiger partial charge is 0.489 e. The van der Waals surface area contributed by atoms with Gasteiger partial charge in [-0.2, -0.15) is 0 Å². The first-order chi connectivity index (χ1) is 13.3. The van der Waals surface area contributed by atoms with Crippen molar-refractivity contribution in [2.45, 2.75) is 25.5 Å². The molecule has 1 aromatic heterocycles. The van der Waals surface area contributed by atoms with Crippen LogP contribution in [0.15, 0.2) is 67.0 Å². The summed E-state index contributed by atoms with van der Waals surface area (Å²) in [4.78, 5) is 20.4. The number of carbonyl (C=O) groups excluding carboxylic acids is 1. The van der Waals surface area contributed by atoms with E-state index in [2.05, 4.69) is 20.6 Å². The van der Waals surface area contributed by atoms with E-state index in [0.29, 0.717) is 24.2 Å². The Morgan fingerprint density at radius 3 is 2.37 bits per heavy atom. The molecule has 1 heterocycles. The van der Waals surface area contributed by atoms with Gasteiger partial charge in [0.05, 0.1) is 5.56 Å². The molecule has 1 aliphatic carbocycles. The van der Waals surface area contributed by atoms with Crippen LogP contribution in [0.2, 0.25) is 0 Å². The van der Waals surface area contributed by atoms with E-state index in [0.717, 1.165) is 29.8 Å². The minimum absolute atomic E-state index is 0.121. The standard InChI is InChI=1S/C21H20N4O2/c26-20(24-17-6-7-17)16-12-22-21(23-13-16)25-18-8-10-19(11-9-18)27-14-15-4-2-1-3-5-15/h1-5,8-13,17H,6-7,14H2,(H,24,26)(H,22,23,25). The lowest BCUT2D eigenvalue weighted by Crippen LogP contribution is -2.25. The summed E-state index contributed by atoms with van der Waals surface area (Å²) in [5.74, 6) is 1.11. The number of nitrogens with zero attached hydrogens (tertiary/aromatic N) is 2. The van der Waals surface area contributed by atoms with E-state index in [9.17, 15) is 4.79 Å². The average Bonchev–Trinajstić information content (AvgIpc) is 3.53. The Kier molecular flexibility index (Phi) is 4.96. The van der Waals surface area contributed by atoms with Crippen LogP contribution in [0.3, 0.4) is 0 Å². The van der Waals surface area contributed by atoms with Crippen LogP contribution in [0.4, 0.5) is 11.6 Å². The summed E-state index contributed by atoms with van der Waals surface area (Å²) >= 11 is 0. The van der Waals surface area contributed by atoms with E-state index in [4.69, 9.17) is 4.74 Å². The molecule has 0 saturated heterocycles.